The predicted molar refractivity (Wildman–Crippen MR) is 75.0 cm³/mol. The standard InChI is InChI=1S/C14H19ClS/c1-2-3-4-5-9-12-14(15)16-13-10-7-6-8-11-13/h6-8,10-12H,2-5,9H2,1H3/b14-12+. The molecular formula is C14H19ClS. The molecule has 0 nitrogen and oxygen atoms in total. The lowest BCUT2D eigenvalue weighted by Crippen LogP contribution is -1.75. The highest BCUT2D eigenvalue weighted by Gasteiger charge is 1.96. The third-order valence-corrected chi connectivity index (χ3v) is 3.58. The van der Waals surface area contributed by atoms with Gasteiger partial charge in [-0.05, 0) is 25.0 Å². The molecule has 0 bridgehead atoms. The molecule has 0 fully saturated rings. The molecule has 16 heavy (non-hydrogen) atoms. The van der Waals surface area contributed by atoms with Crippen LogP contribution in [0.3, 0.4) is 0 Å². The maximum absolute atomic E-state index is 6.15. The lowest BCUT2D eigenvalue weighted by atomic mass is 10.2. The van der Waals surface area contributed by atoms with Gasteiger partial charge in [-0.1, -0.05) is 73.8 Å². The van der Waals surface area contributed by atoms with E-state index in [4.69, 9.17) is 11.6 Å². The van der Waals surface area contributed by atoms with Crippen molar-refractivity contribution >= 4 is 23.4 Å². The monoisotopic (exact) mass is 254 g/mol. The molecule has 0 aromatic heterocycles. The summed E-state index contributed by atoms with van der Waals surface area (Å²) >= 11 is 7.79. The lowest BCUT2D eigenvalue weighted by molar-refractivity contribution is 0.674. The van der Waals surface area contributed by atoms with E-state index in [1.54, 1.807) is 11.8 Å². The van der Waals surface area contributed by atoms with Gasteiger partial charge in [-0.2, -0.15) is 0 Å². The van der Waals surface area contributed by atoms with Gasteiger partial charge in [0.25, 0.3) is 0 Å². The Labute approximate surface area is 108 Å². The Morgan fingerprint density at radius 1 is 1.19 bits per heavy atom. The van der Waals surface area contributed by atoms with Crippen LogP contribution in [0.5, 0.6) is 0 Å². The average Bonchev–Trinajstić information content (AvgIpc) is 2.30. The summed E-state index contributed by atoms with van der Waals surface area (Å²) in [5, 5.41) is 0. The summed E-state index contributed by atoms with van der Waals surface area (Å²) in [5.74, 6) is 0. The Morgan fingerprint density at radius 3 is 2.62 bits per heavy atom. The van der Waals surface area contributed by atoms with E-state index in [1.165, 1.54) is 30.6 Å². The summed E-state index contributed by atoms with van der Waals surface area (Å²) in [5.41, 5.74) is 0. The maximum atomic E-state index is 6.15. The van der Waals surface area contributed by atoms with Crippen LogP contribution < -0.4 is 0 Å². The van der Waals surface area contributed by atoms with Crippen molar-refractivity contribution in [3.8, 4) is 0 Å². The fraction of sp³-hybridized carbons (Fsp3) is 0.429. The zero-order valence-electron chi connectivity index (χ0n) is 9.79. The molecule has 0 N–H and O–H groups in total. The third kappa shape index (κ3) is 6.24. The maximum Gasteiger partial charge on any atom is 0.0742 e. The molecule has 1 aromatic carbocycles. The van der Waals surface area contributed by atoms with Gasteiger partial charge >= 0.3 is 0 Å². The van der Waals surface area contributed by atoms with Gasteiger partial charge in [-0.25, -0.2) is 0 Å². The number of unbranched alkanes of at least 4 members (excludes halogenated alkanes) is 4. The fourth-order valence-corrected chi connectivity index (χ4v) is 2.53. The quantitative estimate of drug-likeness (QED) is 0.436. The van der Waals surface area contributed by atoms with Crippen LogP contribution in [0.1, 0.15) is 39.0 Å². The molecule has 0 aliphatic rings. The van der Waals surface area contributed by atoms with Crippen LogP contribution in [-0.2, 0) is 0 Å². The van der Waals surface area contributed by atoms with Crippen molar-refractivity contribution in [3.05, 3.63) is 40.8 Å². The number of allylic oxidation sites excluding steroid dienone is 1. The van der Waals surface area contributed by atoms with Gasteiger partial charge in [0.1, 0.15) is 0 Å². The van der Waals surface area contributed by atoms with Crippen molar-refractivity contribution in [1.82, 2.24) is 0 Å². The zero-order valence-corrected chi connectivity index (χ0v) is 11.4. The van der Waals surface area contributed by atoms with Crippen molar-refractivity contribution in [2.24, 2.45) is 0 Å². The van der Waals surface area contributed by atoms with Crippen molar-refractivity contribution in [2.45, 2.75) is 43.9 Å². The summed E-state index contributed by atoms with van der Waals surface area (Å²) in [6, 6.07) is 10.3. The third-order valence-electron chi connectivity index (χ3n) is 2.32. The molecule has 1 rings (SSSR count). The Hall–Kier alpha value is -0.400. The minimum Gasteiger partial charge on any atom is -0.0780 e. The molecule has 0 aliphatic heterocycles. The van der Waals surface area contributed by atoms with Gasteiger partial charge in [0.05, 0.1) is 4.36 Å². The SMILES string of the molecule is CCCCCC/C=C(\Cl)Sc1ccccc1. The van der Waals surface area contributed by atoms with E-state index in [-0.39, 0.29) is 0 Å². The molecule has 2 heteroatoms. The van der Waals surface area contributed by atoms with Crippen molar-refractivity contribution in [1.29, 1.82) is 0 Å². The first-order valence-corrected chi connectivity index (χ1v) is 7.11. The highest BCUT2D eigenvalue weighted by molar-refractivity contribution is 8.04. The van der Waals surface area contributed by atoms with Crippen LogP contribution in [0.15, 0.2) is 45.7 Å². The number of hydrogen-bond donors (Lipinski definition) is 0. The van der Waals surface area contributed by atoms with E-state index in [0.29, 0.717) is 0 Å². The second kappa shape index (κ2) is 8.72. The molecular weight excluding hydrogens is 236 g/mol. The first kappa shape index (κ1) is 13.7. The molecule has 0 saturated carbocycles. The first-order valence-electron chi connectivity index (χ1n) is 5.91. The van der Waals surface area contributed by atoms with E-state index in [0.717, 1.165) is 10.8 Å². The normalized spacial score (nSPS) is 11.8. The smallest absolute Gasteiger partial charge is 0.0742 e. The summed E-state index contributed by atoms with van der Waals surface area (Å²) in [4.78, 5) is 1.21. The minimum absolute atomic E-state index is 0.891. The Morgan fingerprint density at radius 2 is 1.94 bits per heavy atom. The van der Waals surface area contributed by atoms with Crippen LogP contribution >= 0.6 is 23.4 Å². The number of benzene rings is 1. The van der Waals surface area contributed by atoms with Gasteiger partial charge in [-0.15, -0.1) is 0 Å². The number of thioether (sulfide) groups is 1. The molecule has 0 amide bonds. The molecule has 0 aliphatic carbocycles. The van der Waals surface area contributed by atoms with Crippen LogP contribution in [-0.4, -0.2) is 0 Å². The van der Waals surface area contributed by atoms with Crippen molar-refractivity contribution in [2.75, 3.05) is 0 Å². The highest BCUT2D eigenvalue weighted by Crippen LogP contribution is 2.29. The molecule has 0 heterocycles. The Balaban J connectivity index is 2.24. The lowest BCUT2D eigenvalue weighted by Gasteiger charge is -1.99. The van der Waals surface area contributed by atoms with Crippen LogP contribution in [0.2, 0.25) is 0 Å². The molecule has 88 valence electrons. The summed E-state index contributed by atoms with van der Waals surface area (Å²) in [7, 11) is 0. The van der Waals surface area contributed by atoms with Gasteiger partial charge in [-0.3, -0.25) is 0 Å². The van der Waals surface area contributed by atoms with Crippen LogP contribution in [0, 0.1) is 0 Å². The Bertz CT molecular complexity index is 306. The fourth-order valence-electron chi connectivity index (χ4n) is 1.43. The molecule has 0 atom stereocenters. The number of halogens is 1. The van der Waals surface area contributed by atoms with Gasteiger partial charge in [0.15, 0.2) is 0 Å². The zero-order chi connectivity index (χ0) is 11.6. The molecule has 1 aromatic rings. The van der Waals surface area contributed by atoms with Crippen molar-refractivity contribution in [3.63, 3.8) is 0 Å². The molecule has 0 radical (unpaired) electrons. The van der Waals surface area contributed by atoms with E-state index < -0.39 is 0 Å². The predicted octanol–water partition coefficient (Wildman–Crippen LogP) is 5.83. The minimum atomic E-state index is 0.891. The van der Waals surface area contributed by atoms with E-state index >= 15 is 0 Å². The van der Waals surface area contributed by atoms with Crippen LogP contribution in [0.4, 0.5) is 0 Å². The summed E-state index contributed by atoms with van der Waals surface area (Å²) in [6.45, 7) is 2.23. The largest absolute Gasteiger partial charge is 0.0780 e. The van der Waals surface area contributed by atoms with Crippen LogP contribution in [0.25, 0.3) is 0 Å². The second-order valence-corrected chi connectivity index (χ2v) is 5.52. The molecule has 0 spiro atoms. The summed E-state index contributed by atoms with van der Waals surface area (Å²) < 4.78 is 0.891. The van der Waals surface area contributed by atoms with E-state index in [2.05, 4.69) is 25.1 Å². The number of rotatable bonds is 7. The van der Waals surface area contributed by atoms with E-state index in [1.807, 2.05) is 18.2 Å². The van der Waals surface area contributed by atoms with E-state index in [9.17, 15) is 0 Å². The highest BCUT2D eigenvalue weighted by atomic mass is 35.5. The van der Waals surface area contributed by atoms with Gasteiger partial charge < -0.3 is 0 Å². The van der Waals surface area contributed by atoms with Crippen molar-refractivity contribution < 1.29 is 0 Å². The average molecular weight is 255 g/mol. The summed E-state index contributed by atoms with van der Waals surface area (Å²) in [6.07, 6.45) is 8.41. The first-order chi connectivity index (χ1) is 7.83. The molecule has 0 unspecified atom stereocenters. The number of hydrogen-bond acceptors (Lipinski definition) is 1. The topological polar surface area (TPSA) is 0 Å². The molecule has 0 saturated heterocycles. The Kier molecular flexibility index (Phi) is 7.45. The van der Waals surface area contributed by atoms with Gasteiger partial charge in [0.2, 0.25) is 0 Å². The van der Waals surface area contributed by atoms with Gasteiger partial charge in [0, 0.05) is 4.90 Å². The second-order valence-electron chi connectivity index (χ2n) is 3.77.